The van der Waals surface area contributed by atoms with Gasteiger partial charge in [-0.15, -0.1) is 11.3 Å². The average Bonchev–Trinajstić information content (AvgIpc) is 3.86. The summed E-state index contributed by atoms with van der Waals surface area (Å²) < 4.78 is 2.65. The Hall–Kier alpha value is -7.26. The van der Waals surface area contributed by atoms with Gasteiger partial charge in [0, 0.05) is 42.5 Å². The van der Waals surface area contributed by atoms with Crippen molar-refractivity contribution in [2.75, 3.05) is 4.90 Å². The summed E-state index contributed by atoms with van der Waals surface area (Å²) in [6.45, 7) is 2.42. The maximum atomic E-state index is 2.68. The lowest BCUT2D eigenvalue weighted by Gasteiger charge is -2.38. The smallest absolute Gasteiger partial charge is 0.0632 e. The monoisotopic (exact) mass is 809 g/mol. The molecule has 2 heteroatoms. The molecule has 0 fully saturated rings. The Morgan fingerprint density at radius 3 is 2.05 bits per heavy atom. The van der Waals surface area contributed by atoms with Crippen LogP contribution in [0.3, 0.4) is 0 Å². The number of allylic oxidation sites excluding steroid dienone is 2. The minimum Gasteiger partial charge on any atom is -0.333 e. The molecule has 0 spiro atoms. The van der Waals surface area contributed by atoms with Gasteiger partial charge in [-0.3, -0.25) is 0 Å². The Morgan fingerprint density at radius 2 is 1.18 bits per heavy atom. The quantitative estimate of drug-likeness (QED) is 0.155. The van der Waals surface area contributed by atoms with E-state index in [1.54, 1.807) is 0 Å². The fourth-order valence-corrected chi connectivity index (χ4v) is 11.9. The van der Waals surface area contributed by atoms with E-state index in [4.69, 9.17) is 0 Å². The zero-order valence-electron chi connectivity index (χ0n) is 34.5. The van der Waals surface area contributed by atoms with Crippen LogP contribution in [0.5, 0.6) is 0 Å². The van der Waals surface area contributed by atoms with Crippen molar-refractivity contribution < 1.29 is 0 Å². The summed E-state index contributed by atoms with van der Waals surface area (Å²) >= 11 is 1.89. The van der Waals surface area contributed by atoms with Crippen LogP contribution in [0, 0.1) is 0 Å². The third kappa shape index (κ3) is 5.67. The second-order valence-corrected chi connectivity index (χ2v) is 17.9. The van der Waals surface area contributed by atoms with Crippen molar-refractivity contribution in [2.45, 2.75) is 24.8 Å². The first-order chi connectivity index (χ1) is 30.7. The van der Waals surface area contributed by atoms with Crippen LogP contribution in [-0.2, 0) is 5.41 Å². The van der Waals surface area contributed by atoms with Gasteiger partial charge in [-0.05, 0) is 104 Å². The van der Waals surface area contributed by atoms with Crippen molar-refractivity contribution in [3.63, 3.8) is 0 Å². The lowest BCUT2D eigenvalue weighted by atomic mass is 9.74. The van der Waals surface area contributed by atoms with E-state index < -0.39 is 0 Å². The highest BCUT2D eigenvalue weighted by Gasteiger charge is 2.43. The summed E-state index contributed by atoms with van der Waals surface area (Å²) in [5.41, 5.74) is 16.2. The predicted molar refractivity (Wildman–Crippen MR) is 266 cm³/mol. The lowest BCUT2D eigenvalue weighted by molar-refractivity contribution is 0.713. The van der Waals surface area contributed by atoms with Gasteiger partial charge in [-0.25, -0.2) is 0 Å². The Kier molecular flexibility index (Phi) is 8.69. The van der Waals surface area contributed by atoms with E-state index in [0.717, 1.165) is 6.42 Å². The number of fused-ring (bicyclic) bond motifs is 7. The summed E-state index contributed by atoms with van der Waals surface area (Å²) in [5, 5.41) is 5.17. The molecule has 0 saturated carbocycles. The van der Waals surface area contributed by atoms with Gasteiger partial charge in [0.25, 0.3) is 0 Å². The van der Waals surface area contributed by atoms with Gasteiger partial charge in [-0.2, -0.15) is 0 Å². The summed E-state index contributed by atoms with van der Waals surface area (Å²) in [5.74, 6) is 0. The second kappa shape index (κ2) is 14.7. The molecule has 0 bridgehead atoms. The lowest BCUT2D eigenvalue weighted by Crippen LogP contribution is -2.33. The van der Waals surface area contributed by atoms with Gasteiger partial charge in [0.05, 0.1) is 6.04 Å². The standard InChI is InChI=1S/C60H43NS/c1-60(43-24-6-3-7-25-43)52-34-11-8-29-51(52)58-53(60)35-18-37-55(58)61(44-26-14-23-42(39-44)46-31-17-33-50-48-28-10-13-38-56(48)62-59(46)50)54-36-12-9-27-47(54)49-32-16-22-41-21-15-30-45(57(41)49)40-19-4-2-5-20-40/h2-35,37-39,54H,36H2,1H3. The highest BCUT2D eigenvalue weighted by Crippen LogP contribution is 2.57. The van der Waals surface area contributed by atoms with E-state index in [2.05, 4.69) is 236 Å². The number of benzene rings is 9. The molecule has 62 heavy (non-hydrogen) atoms. The summed E-state index contributed by atoms with van der Waals surface area (Å²) in [7, 11) is 0. The fourth-order valence-electron chi connectivity index (χ4n) is 10.7. The van der Waals surface area contributed by atoms with Crippen molar-refractivity contribution in [3.8, 4) is 33.4 Å². The fraction of sp³-hybridized carbons (Fsp3) is 0.0667. The molecule has 294 valence electrons. The third-order valence-corrected chi connectivity index (χ3v) is 14.7. The molecular weight excluding hydrogens is 767 g/mol. The van der Waals surface area contributed by atoms with E-state index in [-0.39, 0.29) is 11.5 Å². The molecule has 0 amide bonds. The zero-order chi connectivity index (χ0) is 41.2. The van der Waals surface area contributed by atoms with Crippen molar-refractivity contribution in [1.29, 1.82) is 0 Å². The molecule has 0 N–H and O–H groups in total. The van der Waals surface area contributed by atoms with E-state index in [1.165, 1.54) is 104 Å². The van der Waals surface area contributed by atoms with Crippen LogP contribution in [0.25, 0.3) is 69.9 Å². The minimum absolute atomic E-state index is 0.00737. The minimum atomic E-state index is -0.321. The average molecular weight is 810 g/mol. The van der Waals surface area contributed by atoms with Crippen LogP contribution in [0.1, 0.15) is 35.6 Å². The first-order valence-electron chi connectivity index (χ1n) is 21.7. The molecule has 1 nitrogen and oxygen atoms in total. The Labute approximate surface area is 367 Å². The van der Waals surface area contributed by atoms with Crippen LogP contribution in [0.15, 0.2) is 224 Å². The van der Waals surface area contributed by atoms with Crippen molar-refractivity contribution >= 4 is 59.2 Å². The molecule has 2 aliphatic carbocycles. The number of thiophene rings is 1. The molecule has 0 radical (unpaired) electrons. The molecule has 9 aromatic carbocycles. The maximum absolute atomic E-state index is 2.68. The maximum Gasteiger partial charge on any atom is 0.0632 e. The Bertz CT molecular complexity index is 3400. The van der Waals surface area contributed by atoms with Gasteiger partial charge in [0.15, 0.2) is 0 Å². The second-order valence-electron chi connectivity index (χ2n) is 16.8. The van der Waals surface area contributed by atoms with Crippen LogP contribution in [0.4, 0.5) is 11.4 Å². The molecule has 2 atom stereocenters. The van der Waals surface area contributed by atoms with E-state index >= 15 is 0 Å². The Morgan fingerprint density at radius 1 is 0.532 bits per heavy atom. The Balaban J connectivity index is 1.11. The molecular formula is C60H43NS. The van der Waals surface area contributed by atoms with E-state index in [1.807, 2.05) is 11.3 Å². The number of rotatable bonds is 7. The summed E-state index contributed by atoms with van der Waals surface area (Å²) in [4.78, 5) is 2.68. The SMILES string of the molecule is CC1(c2ccccc2)c2ccccc2-c2c(N(c3cccc(-c4cccc5c4sc4ccccc45)c3)C3CC=CC=C3c3cccc4cccc(-c5ccccc5)c34)cccc21. The van der Waals surface area contributed by atoms with E-state index in [0.29, 0.717) is 0 Å². The van der Waals surface area contributed by atoms with Crippen molar-refractivity contribution in [1.82, 2.24) is 0 Å². The van der Waals surface area contributed by atoms with Crippen molar-refractivity contribution in [3.05, 3.63) is 247 Å². The van der Waals surface area contributed by atoms with Crippen LogP contribution in [0.2, 0.25) is 0 Å². The topological polar surface area (TPSA) is 3.24 Å². The highest BCUT2D eigenvalue weighted by atomic mass is 32.1. The number of anilines is 2. The zero-order valence-corrected chi connectivity index (χ0v) is 35.3. The van der Waals surface area contributed by atoms with E-state index in [9.17, 15) is 0 Å². The molecule has 2 aliphatic rings. The van der Waals surface area contributed by atoms with Gasteiger partial charge < -0.3 is 4.90 Å². The molecule has 0 saturated heterocycles. The van der Waals surface area contributed by atoms with Gasteiger partial charge in [-0.1, -0.05) is 200 Å². The number of hydrogen-bond donors (Lipinski definition) is 0. The van der Waals surface area contributed by atoms with Gasteiger partial charge in [0.2, 0.25) is 0 Å². The molecule has 1 heterocycles. The molecule has 1 aromatic heterocycles. The largest absolute Gasteiger partial charge is 0.333 e. The number of nitrogens with zero attached hydrogens (tertiary/aromatic N) is 1. The summed E-state index contributed by atoms with van der Waals surface area (Å²) in [6, 6.07) is 76.7. The normalized spacial score (nSPS) is 16.7. The number of hydrogen-bond acceptors (Lipinski definition) is 2. The predicted octanol–water partition coefficient (Wildman–Crippen LogP) is 16.4. The first-order valence-corrected chi connectivity index (χ1v) is 22.5. The van der Waals surface area contributed by atoms with Crippen molar-refractivity contribution in [2.24, 2.45) is 0 Å². The highest BCUT2D eigenvalue weighted by molar-refractivity contribution is 7.26. The van der Waals surface area contributed by atoms with Crippen LogP contribution >= 0.6 is 11.3 Å². The molecule has 10 aromatic rings. The molecule has 0 aliphatic heterocycles. The van der Waals surface area contributed by atoms with Crippen LogP contribution in [-0.4, -0.2) is 6.04 Å². The summed E-state index contributed by atoms with van der Waals surface area (Å²) in [6.07, 6.45) is 7.86. The molecule has 12 rings (SSSR count). The third-order valence-electron chi connectivity index (χ3n) is 13.5. The van der Waals surface area contributed by atoms with Gasteiger partial charge >= 0.3 is 0 Å². The first kappa shape index (κ1) is 36.6. The molecule has 2 unspecified atom stereocenters. The van der Waals surface area contributed by atoms with Crippen LogP contribution < -0.4 is 4.90 Å². The van der Waals surface area contributed by atoms with Gasteiger partial charge in [0.1, 0.15) is 0 Å².